The molecule has 0 radical (unpaired) electrons. The Morgan fingerprint density at radius 1 is 1.16 bits per heavy atom. The Labute approximate surface area is 185 Å². The van der Waals surface area contributed by atoms with E-state index in [0.29, 0.717) is 24.5 Å². The maximum atomic E-state index is 11.8. The lowest BCUT2D eigenvalue weighted by Gasteiger charge is -2.23. The van der Waals surface area contributed by atoms with Gasteiger partial charge in [0.25, 0.3) is 0 Å². The zero-order valence-electron chi connectivity index (χ0n) is 18.0. The van der Waals surface area contributed by atoms with Gasteiger partial charge in [-0.15, -0.1) is 0 Å². The van der Waals surface area contributed by atoms with Crippen LogP contribution in [0.1, 0.15) is 18.1 Å². The maximum Gasteiger partial charge on any atom is 0.315 e. The van der Waals surface area contributed by atoms with E-state index in [1.165, 1.54) is 29.5 Å². The molecular weight excluding hydrogens is 406 g/mol. The molecule has 0 fully saturated rings. The monoisotopic (exact) mass is 429 g/mol. The van der Waals surface area contributed by atoms with Gasteiger partial charge in [0.05, 0.1) is 29.9 Å². The van der Waals surface area contributed by atoms with Crippen LogP contribution in [0.5, 0.6) is 11.5 Å². The average molecular weight is 429 g/mol. The number of hydrogen-bond acceptors (Lipinski definition) is 6. The summed E-state index contributed by atoms with van der Waals surface area (Å²) in [5.74, 6) is 0.469. The molecule has 0 atom stereocenters. The third-order valence-corrected chi connectivity index (χ3v) is 5.95. The summed E-state index contributed by atoms with van der Waals surface area (Å²) in [6.45, 7) is 3.74. The quantitative estimate of drug-likeness (QED) is 0.272. The van der Waals surface area contributed by atoms with Crippen LogP contribution in [-0.4, -0.2) is 30.2 Å². The Bertz CT molecular complexity index is 1370. The van der Waals surface area contributed by atoms with Gasteiger partial charge in [-0.1, -0.05) is 30.3 Å². The summed E-state index contributed by atoms with van der Waals surface area (Å²) in [5.41, 5.74) is 4.46. The van der Waals surface area contributed by atoms with Gasteiger partial charge in [0.1, 0.15) is 0 Å². The first kappa shape index (κ1) is 20.2. The number of methoxy groups -OCH3 is 1. The maximum absolute atomic E-state index is 11.8. The number of nitro benzene ring substituents is 1. The summed E-state index contributed by atoms with van der Waals surface area (Å²) in [5, 5.41) is 18.8. The number of benzene rings is 3. The van der Waals surface area contributed by atoms with Crippen molar-refractivity contribution < 1.29 is 14.4 Å². The van der Waals surface area contributed by atoms with Crippen LogP contribution in [0.4, 0.5) is 5.69 Å². The summed E-state index contributed by atoms with van der Waals surface area (Å²) >= 11 is 0. The predicted octanol–water partition coefficient (Wildman–Crippen LogP) is 5.02. The zero-order chi connectivity index (χ0) is 22.2. The van der Waals surface area contributed by atoms with Crippen LogP contribution in [0.3, 0.4) is 0 Å². The van der Waals surface area contributed by atoms with E-state index < -0.39 is 4.92 Å². The molecule has 0 saturated carbocycles. The third kappa shape index (κ3) is 3.22. The van der Waals surface area contributed by atoms with Gasteiger partial charge >= 0.3 is 5.69 Å². The first-order chi connectivity index (χ1) is 15.6. The summed E-state index contributed by atoms with van der Waals surface area (Å²) in [4.78, 5) is 16.4. The molecule has 0 spiro atoms. The highest BCUT2D eigenvalue weighted by Crippen LogP contribution is 2.43. The number of pyridine rings is 1. The van der Waals surface area contributed by atoms with Gasteiger partial charge < -0.3 is 14.8 Å². The van der Waals surface area contributed by atoms with E-state index in [2.05, 4.69) is 23.5 Å². The lowest BCUT2D eigenvalue weighted by Crippen LogP contribution is -2.25. The van der Waals surface area contributed by atoms with Crippen molar-refractivity contribution in [2.45, 2.75) is 19.9 Å². The molecule has 4 aromatic rings. The van der Waals surface area contributed by atoms with Gasteiger partial charge in [0.15, 0.2) is 5.75 Å². The molecule has 162 valence electrons. The lowest BCUT2D eigenvalue weighted by atomic mass is 9.90. The van der Waals surface area contributed by atoms with E-state index in [4.69, 9.17) is 14.5 Å². The topological polar surface area (TPSA) is 86.5 Å². The van der Waals surface area contributed by atoms with Gasteiger partial charge in [0.2, 0.25) is 5.75 Å². The van der Waals surface area contributed by atoms with Crippen molar-refractivity contribution in [3.8, 4) is 22.8 Å². The van der Waals surface area contributed by atoms with Crippen molar-refractivity contribution in [3.63, 3.8) is 0 Å². The van der Waals surface area contributed by atoms with Gasteiger partial charge in [-0.2, -0.15) is 0 Å². The van der Waals surface area contributed by atoms with Gasteiger partial charge in [-0.3, -0.25) is 10.1 Å². The van der Waals surface area contributed by atoms with Crippen molar-refractivity contribution in [2.24, 2.45) is 0 Å². The second-order valence-electron chi connectivity index (χ2n) is 7.74. The summed E-state index contributed by atoms with van der Waals surface area (Å²) in [7, 11) is 1.41. The van der Waals surface area contributed by atoms with Crippen molar-refractivity contribution in [3.05, 3.63) is 69.8 Å². The Hall–Kier alpha value is -3.71. The smallest absolute Gasteiger partial charge is 0.315 e. The van der Waals surface area contributed by atoms with E-state index in [0.717, 1.165) is 35.1 Å². The first-order valence-corrected chi connectivity index (χ1v) is 10.7. The molecule has 1 aliphatic heterocycles. The molecule has 1 aliphatic rings. The highest BCUT2D eigenvalue weighted by atomic mass is 16.6. The van der Waals surface area contributed by atoms with Crippen LogP contribution < -0.4 is 14.8 Å². The summed E-state index contributed by atoms with van der Waals surface area (Å²) < 4.78 is 11.0. The third-order valence-electron chi connectivity index (χ3n) is 5.95. The molecule has 0 unspecified atom stereocenters. The first-order valence-electron chi connectivity index (χ1n) is 10.7. The number of nitro groups is 1. The standard InChI is InChI=1S/C25H23N3O4/c1-3-32-22-13-16(12-21(28(29)30)25(22)31-2)24-19-14-26-11-10-18(19)23-17-7-5-4-6-15(17)8-9-20(23)27-24/h4-9,12-13,26H,3,10-11,14H2,1-2H3. The Morgan fingerprint density at radius 3 is 2.78 bits per heavy atom. The number of hydrogen-bond donors (Lipinski definition) is 1. The summed E-state index contributed by atoms with van der Waals surface area (Å²) in [6.07, 6.45) is 0.867. The molecule has 5 rings (SSSR count). The number of fused-ring (bicyclic) bond motifs is 5. The molecule has 7 heteroatoms. The highest BCUT2D eigenvalue weighted by molar-refractivity contribution is 6.09. The molecule has 7 nitrogen and oxygen atoms in total. The number of rotatable bonds is 5. The molecule has 1 N–H and O–H groups in total. The molecule has 0 saturated heterocycles. The molecule has 0 amide bonds. The number of nitrogens with zero attached hydrogens (tertiary/aromatic N) is 2. The van der Waals surface area contributed by atoms with E-state index in [9.17, 15) is 10.1 Å². The van der Waals surface area contributed by atoms with E-state index in [1.807, 2.05) is 25.1 Å². The Morgan fingerprint density at radius 2 is 2.00 bits per heavy atom. The van der Waals surface area contributed by atoms with Gasteiger partial charge in [-0.25, -0.2) is 4.98 Å². The molecule has 0 bridgehead atoms. The van der Waals surface area contributed by atoms with E-state index >= 15 is 0 Å². The minimum absolute atomic E-state index is 0.124. The summed E-state index contributed by atoms with van der Waals surface area (Å²) in [6, 6.07) is 15.8. The molecular formula is C25H23N3O4. The molecule has 1 aromatic heterocycles. The van der Waals surface area contributed by atoms with Crippen molar-refractivity contribution in [1.29, 1.82) is 0 Å². The van der Waals surface area contributed by atoms with Crippen LogP contribution in [0.2, 0.25) is 0 Å². The number of nitrogens with one attached hydrogen (secondary N) is 1. The molecule has 32 heavy (non-hydrogen) atoms. The van der Waals surface area contributed by atoms with Crippen LogP contribution in [0.25, 0.3) is 32.9 Å². The van der Waals surface area contributed by atoms with Crippen LogP contribution >= 0.6 is 0 Å². The largest absolute Gasteiger partial charge is 0.490 e. The lowest BCUT2D eigenvalue weighted by molar-refractivity contribution is -0.385. The molecule has 3 aromatic carbocycles. The minimum atomic E-state index is -0.440. The fourth-order valence-electron chi connectivity index (χ4n) is 4.61. The minimum Gasteiger partial charge on any atom is -0.490 e. The van der Waals surface area contributed by atoms with Crippen LogP contribution in [0, 0.1) is 10.1 Å². The molecule has 0 aliphatic carbocycles. The van der Waals surface area contributed by atoms with Crippen molar-refractivity contribution in [2.75, 3.05) is 20.3 Å². The van der Waals surface area contributed by atoms with Gasteiger partial charge in [-0.05, 0) is 53.9 Å². The highest BCUT2D eigenvalue weighted by Gasteiger charge is 2.26. The fourth-order valence-corrected chi connectivity index (χ4v) is 4.61. The van der Waals surface area contributed by atoms with E-state index in [1.54, 1.807) is 6.07 Å². The number of aromatic nitrogens is 1. The van der Waals surface area contributed by atoms with Crippen LogP contribution in [-0.2, 0) is 13.0 Å². The number of ether oxygens (including phenoxy) is 2. The van der Waals surface area contributed by atoms with Gasteiger partial charge in [0, 0.05) is 23.6 Å². The van der Waals surface area contributed by atoms with E-state index in [-0.39, 0.29) is 11.4 Å². The second kappa shape index (κ2) is 8.09. The Kier molecular flexibility index (Phi) is 5.11. The van der Waals surface area contributed by atoms with Crippen molar-refractivity contribution >= 4 is 27.4 Å². The average Bonchev–Trinajstić information content (AvgIpc) is 2.82. The predicted molar refractivity (Wildman–Crippen MR) is 124 cm³/mol. The SMILES string of the molecule is CCOc1cc(-c2nc3ccc4ccccc4c3c3c2CNCC3)cc([N+](=O)[O-])c1OC. The van der Waals surface area contributed by atoms with Crippen molar-refractivity contribution in [1.82, 2.24) is 10.3 Å². The zero-order valence-corrected chi connectivity index (χ0v) is 18.0. The Balaban J connectivity index is 1.84. The van der Waals surface area contributed by atoms with Crippen LogP contribution in [0.15, 0.2) is 48.5 Å². The molecule has 2 heterocycles. The fraction of sp³-hybridized carbons (Fsp3) is 0.240. The second-order valence-corrected chi connectivity index (χ2v) is 7.74. The normalized spacial score (nSPS) is 13.2.